The second-order valence-electron chi connectivity index (χ2n) is 5.25. The highest BCUT2D eigenvalue weighted by Crippen LogP contribution is 2.35. The van der Waals surface area contributed by atoms with E-state index in [2.05, 4.69) is 17.2 Å². The van der Waals surface area contributed by atoms with Crippen molar-refractivity contribution in [1.82, 2.24) is 5.32 Å². The number of thioether (sulfide) groups is 2. The molecular weight excluding hydrogens is 318 g/mol. The summed E-state index contributed by atoms with van der Waals surface area (Å²) in [6, 6.07) is 7.55. The molecule has 0 aliphatic carbocycles. The molecular formula is C15H17N3O2S2. The lowest BCUT2D eigenvalue weighted by Crippen LogP contribution is -2.33. The molecule has 0 fully saturated rings. The molecule has 2 aliphatic heterocycles. The van der Waals surface area contributed by atoms with Gasteiger partial charge in [0.25, 0.3) is 5.91 Å². The van der Waals surface area contributed by atoms with Crippen LogP contribution in [0.25, 0.3) is 0 Å². The highest BCUT2D eigenvalue weighted by atomic mass is 32.2. The largest absolute Gasteiger partial charge is 0.468 e. The standard InChI is InChI=1S/C15H17N3O2S2/c1-15(5-7-21-13(16)18-15)11-4-2-3-10(9-11)12(19)17-14-20-6-8-22-14/h2-4,6,8-9,14H,5,7H2,1H3,(H2,16,18)(H,17,19). The number of benzene rings is 1. The molecule has 2 atom stereocenters. The minimum atomic E-state index is -0.369. The summed E-state index contributed by atoms with van der Waals surface area (Å²) in [7, 11) is 0. The summed E-state index contributed by atoms with van der Waals surface area (Å²) in [5, 5.41) is 5.23. The molecule has 3 rings (SSSR count). The van der Waals surface area contributed by atoms with Crippen LogP contribution in [0.5, 0.6) is 0 Å². The van der Waals surface area contributed by atoms with E-state index in [1.807, 2.05) is 18.2 Å². The first-order chi connectivity index (χ1) is 10.6. The zero-order valence-corrected chi connectivity index (χ0v) is 13.7. The van der Waals surface area contributed by atoms with Gasteiger partial charge in [0, 0.05) is 16.7 Å². The lowest BCUT2D eigenvalue weighted by Gasteiger charge is -2.30. The maximum Gasteiger partial charge on any atom is 0.254 e. The smallest absolute Gasteiger partial charge is 0.254 e. The van der Waals surface area contributed by atoms with Gasteiger partial charge in [-0.15, -0.1) is 0 Å². The Balaban J connectivity index is 1.80. The van der Waals surface area contributed by atoms with Crippen molar-refractivity contribution in [2.45, 2.75) is 24.4 Å². The van der Waals surface area contributed by atoms with E-state index in [0.717, 1.165) is 17.7 Å². The predicted molar refractivity (Wildman–Crippen MR) is 91.6 cm³/mol. The molecule has 1 amide bonds. The van der Waals surface area contributed by atoms with E-state index in [1.165, 1.54) is 11.8 Å². The summed E-state index contributed by atoms with van der Waals surface area (Å²) in [6.45, 7) is 2.05. The normalized spacial score (nSPS) is 27.1. The molecule has 1 aromatic rings. The first-order valence-electron chi connectivity index (χ1n) is 6.92. The molecule has 0 aromatic heterocycles. The van der Waals surface area contributed by atoms with Crippen molar-refractivity contribution in [2.24, 2.45) is 10.7 Å². The van der Waals surface area contributed by atoms with Gasteiger partial charge in [-0.25, -0.2) is 0 Å². The first kappa shape index (κ1) is 15.3. The number of hydrogen-bond donors (Lipinski definition) is 2. The Morgan fingerprint density at radius 3 is 3.14 bits per heavy atom. The Kier molecular flexibility index (Phi) is 4.35. The average molecular weight is 335 g/mol. The Morgan fingerprint density at radius 1 is 1.55 bits per heavy atom. The van der Waals surface area contributed by atoms with Crippen LogP contribution in [0, 0.1) is 0 Å². The molecule has 3 N–H and O–H groups in total. The summed E-state index contributed by atoms with van der Waals surface area (Å²) >= 11 is 2.99. The van der Waals surface area contributed by atoms with Crippen molar-refractivity contribution < 1.29 is 9.53 Å². The number of carbonyl (C=O) groups excluding carboxylic acids is 1. The molecule has 5 nitrogen and oxygen atoms in total. The van der Waals surface area contributed by atoms with Crippen molar-refractivity contribution in [3.63, 3.8) is 0 Å². The third-order valence-electron chi connectivity index (χ3n) is 3.65. The lowest BCUT2D eigenvalue weighted by atomic mass is 9.89. The zero-order valence-electron chi connectivity index (χ0n) is 12.1. The number of ether oxygens (including phenoxy) is 1. The van der Waals surface area contributed by atoms with Gasteiger partial charge >= 0.3 is 0 Å². The SMILES string of the molecule is CC1(c2cccc(C(=O)NC3OC=CS3)c2)CCSC(N)=N1. The number of rotatable bonds is 3. The summed E-state index contributed by atoms with van der Waals surface area (Å²) < 4.78 is 5.23. The average Bonchev–Trinajstić information content (AvgIpc) is 3.00. The number of nitrogens with two attached hydrogens (primary N) is 1. The van der Waals surface area contributed by atoms with E-state index in [4.69, 9.17) is 10.5 Å². The Hall–Kier alpha value is -1.60. The van der Waals surface area contributed by atoms with Gasteiger partial charge in [-0.3, -0.25) is 9.79 Å². The summed E-state index contributed by atoms with van der Waals surface area (Å²) in [6.07, 6.45) is 2.47. The van der Waals surface area contributed by atoms with Crippen molar-refractivity contribution in [3.8, 4) is 0 Å². The number of carbonyl (C=O) groups is 1. The summed E-state index contributed by atoms with van der Waals surface area (Å²) in [4.78, 5) is 16.9. The molecule has 2 aliphatic rings. The van der Waals surface area contributed by atoms with Crippen molar-refractivity contribution in [3.05, 3.63) is 47.1 Å². The van der Waals surface area contributed by atoms with Gasteiger partial charge in [0.05, 0.1) is 11.8 Å². The molecule has 116 valence electrons. The van der Waals surface area contributed by atoms with E-state index in [1.54, 1.807) is 29.5 Å². The Bertz CT molecular complexity index is 639. The van der Waals surface area contributed by atoms with Crippen LogP contribution in [0.15, 0.2) is 40.9 Å². The van der Waals surface area contributed by atoms with Crippen molar-refractivity contribution in [1.29, 1.82) is 0 Å². The molecule has 0 saturated heterocycles. The van der Waals surface area contributed by atoms with Gasteiger partial charge in [-0.2, -0.15) is 0 Å². The van der Waals surface area contributed by atoms with Crippen LogP contribution in [0.1, 0.15) is 29.3 Å². The van der Waals surface area contributed by atoms with Crippen LogP contribution in [-0.2, 0) is 10.3 Å². The predicted octanol–water partition coefficient (Wildman–Crippen LogP) is 2.60. The number of nitrogens with zero attached hydrogens (tertiary/aromatic N) is 1. The first-order valence-corrected chi connectivity index (χ1v) is 8.85. The molecule has 2 unspecified atom stereocenters. The minimum absolute atomic E-state index is 0.159. The van der Waals surface area contributed by atoms with E-state index < -0.39 is 0 Å². The lowest BCUT2D eigenvalue weighted by molar-refractivity contribution is 0.0878. The fraction of sp³-hybridized carbons (Fsp3) is 0.333. The molecule has 7 heteroatoms. The summed E-state index contributed by atoms with van der Waals surface area (Å²) in [5.41, 5.74) is 6.74. The van der Waals surface area contributed by atoms with Gasteiger partial charge in [0.1, 0.15) is 0 Å². The Morgan fingerprint density at radius 2 is 2.41 bits per heavy atom. The van der Waals surface area contributed by atoms with Crippen molar-refractivity contribution >= 4 is 34.6 Å². The molecule has 0 saturated carbocycles. The van der Waals surface area contributed by atoms with Gasteiger partial charge in [0.15, 0.2) is 5.17 Å². The number of aliphatic imine (C=N–C) groups is 1. The van der Waals surface area contributed by atoms with E-state index in [9.17, 15) is 4.79 Å². The highest BCUT2D eigenvalue weighted by Gasteiger charge is 2.30. The highest BCUT2D eigenvalue weighted by molar-refractivity contribution is 8.13. The van der Waals surface area contributed by atoms with Gasteiger partial charge in [-0.05, 0) is 31.0 Å². The molecule has 22 heavy (non-hydrogen) atoms. The van der Waals surface area contributed by atoms with Crippen LogP contribution in [-0.4, -0.2) is 22.4 Å². The fourth-order valence-corrected chi connectivity index (χ4v) is 3.94. The fourth-order valence-electron chi connectivity index (χ4n) is 2.39. The van der Waals surface area contributed by atoms with Gasteiger partial charge < -0.3 is 15.8 Å². The third kappa shape index (κ3) is 3.25. The number of hydrogen-bond acceptors (Lipinski definition) is 6. The van der Waals surface area contributed by atoms with Crippen molar-refractivity contribution in [2.75, 3.05) is 5.75 Å². The number of amides is 1. The molecule has 1 aromatic carbocycles. The van der Waals surface area contributed by atoms with Crippen LogP contribution < -0.4 is 11.1 Å². The summed E-state index contributed by atoms with van der Waals surface area (Å²) in [5.74, 6) is 0.773. The zero-order chi connectivity index (χ0) is 15.6. The molecule has 0 radical (unpaired) electrons. The monoisotopic (exact) mass is 335 g/mol. The topological polar surface area (TPSA) is 76.7 Å². The molecule has 0 spiro atoms. The number of nitrogens with one attached hydrogen (secondary N) is 1. The van der Waals surface area contributed by atoms with Gasteiger partial charge in [-0.1, -0.05) is 35.7 Å². The van der Waals surface area contributed by atoms with E-state index >= 15 is 0 Å². The van der Waals surface area contributed by atoms with Crippen LogP contribution in [0.2, 0.25) is 0 Å². The quantitative estimate of drug-likeness (QED) is 0.888. The van der Waals surface area contributed by atoms with E-state index in [-0.39, 0.29) is 17.0 Å². The number of amidine groups is 1. The van der Waals surface area contributed by atoms with Crippen LogP contribution >= 0.6 is 23.5 Å². The van der Waals surface area contributed by atoms with Crippen LogP contribution in [0.3, 0.4) is 0 Å². The van der Waals surface area contributed by atoms with Gasteiger partial charge in [0.2, 0.25) is 5.56 Å². The molecule has 0 bridgehead atoms. The third-order valence-corrected chi connectivity index (χ3v) is 5.19. The maximum atomic E-state index is 12.3. The maximum absolute atomic E-state index is 12.3. The van der Waals surface area contributed by atoms with E-state index in [0.29, 0.717) is 10.7 Å². The second kappa shape index (κ2) is 6.26. The molecule has 2 heterocycles. The Labute approximate surface area is 137 Å². The second-order valence-corrected chi connectivity index (χ2v) is 7.34. The minimum Gasteiger partial charge on any atom is -0.468 e. The van der Waals surface area contributed by atoms with Crippen LogP contribution in [0.4, 0.5) is 0 Å².